The number of carboxylic acid groups (broad SMARTS) is 1. The van der Waals surface area contributed by atoms with Gasteiger partial charge in [0.15, 0.2) is 0 Å². The summed E-state index contributed by atoms with van der Waals surface area (Å²) in [5, 5.41) is 12.1. The summed E-state index contributed by atoms with van der Waals surface area (Å²) in [6, 6.07) is 5.52. The summed E-state index contributed by atoms with van der Waals surface area (Å²) in [6.45, 7) is 4.21. The second-order valence-electron chi connectivity index (χ2n) is 4.89. The first-order chi connectivity index (χ1) is 8.56. The zero-order chi connectivity index (χ0) is 13.1. The lowest BCUT2D eigenvalue weighted by Gasteiger charge is -2.15. The van der Waals surface area contributed by atoms with Crippen molar-refractivity contribution < 1.29 is 14.6 Å². The molecule has 0 radical (unpaired) electrons. The van der Waals surface area contributed by atoms with Gasteiger partial charge >= 0.3 is 5.97 Å². The van der Waals surface area contributed by atoms with Crippen LogP contribution in [0.15, 0.2) is 18.2 Å². The molecule has 1 unspecified atom stereocenters. The topological polar surface area (TPSA) is 58.6 Å². The van der Waals surface area contributed by atoms with Crippen LogP contribution in [0, 0.1) is 13.8 Å². The molecule has 0 aliphatic heterocycles. The van der Waals surface area contributed by atoms with E-state index >= 15 is 0 Å². The van der Waals surface area contributed by atoms with E-state index in [1.807, 2.05) is 32.0 Å². The van der Waals surface area contributed by atoms with Gasteiger partial charge in [-0.1, -0.05) is 6.07 Å². The Bertz CT molecular complexity index is 441. The fourth-order valence-electron chi connectivity index (χ4n) is 1.71. The maximum atomic E-state index is 11.1. The first kappa shape index (κ1) is 12.9. The second-order valence-corrected chi connectivity index (χ2v) is 4.89. The van der Waals surface area contributed by atoms with Gasteiger partial charge in [0.1, 0.15) is 18.4 Å². The smallest absolute Gasteiger partial charge is 0.324 e. The molecule has 0 spiro atoms. The molecule has 1 saturated carbocycles. The molecule has 0 heterocycles. The molecule has 4 heteroatoms. The van der Waals surface area contributed by atoms with Crippen molar-refractivity contribution in [2.24, 2.45) is 0 Å². The van der Waals surface area contributed by atoms with Gasteiger partial charge in [-0.2, -0.15) is 0 Å². The van der Waals surface area contributed by atoms with Gasteiger partial charge in [-0.15, -0.1) is 0 Å². The first-order valence-corrected chi connectivity index (χ1v) is 6.25. The summed E-state index contributed by atoms with van der Waals surface area (Å²) >= 11 is 0. The van der Waals surface area contributed by atoms with Gasteiger partial charge in [0.05, 0.1) is 0 Å². The SMILES string of the molecule is Cc1ccc(OCC(NC2CC2)C(=O)O)cc1C. The molecule has 0 saturated heterocycles. The third kappa shape index (κ3) is 3.47. The van der Waals surface area contributed by atoms with Crippen molar-refractivity contribution in [1.29, 1.82) is 0 Å². The molecule has 4 nitrogen and oxygen atoms in total. The quantitative estimate of drug-likeness (QED) is 0.808. The molecular formula is C14H19NO3. The molecular weight excluding hydrogens is 230 g/mol. The lowest BCUT2D eigenvalue weighted by Crippen LogP contribution is -2.42. The zero-order valence-electron chi connectivity index (χ0n) is 10.8. The van der Waals surface area contributed by atoms with Crippen molar-refractivity contribution in [2.45, 2.75) is 38.8 Å². The number of aliphatic carboxylic acids is 1. The summed E-state index contributed by atoms with van der Waals surface area (Å²) in [5.74, 6) is -0.132. The van der Waals surface area contributed by atoms with Crippen molar-refractivity contribution >= 4 is 5.97 Å². The van der Waals surface area contributed by atoms with Crippen molar-refractivity contribution in [3.8, 4) is 5.75 Å². The van der Waals surface area contributed by atoms with Crippen LogP contribution < -0.4 is 10.1 Å². The predicted molar refractivity (Wildman–Crippen MR) is 69.0 cm³/mol. The standard InChI is InChI=1S/C14H19NO3/c1-9-3-6-12(7-10(9)2)18-8-13(14(16)17)15-11-4-5-11/h3,6-7,11,13,15H,4-5,8H2,1-2H3,(H,16,17). The maximum Gasteiger partial charge on any atom is 0.324 e. The van der Waals surface area contributed by atoms with Crippen LogP contribution in [0.3, 0.4) is 0 Å². The average molecular weight is 249 g/mol. The van der Waals surface area contributed by atoms with E-state index in [1.54, 1.807) is 0 Å². The van der Waals surface area contributed by atoms with Crippen LogP contribution in [0.5, 0.6) is 5.75 Å². The predicted octanol–water partition coefficient (Wildman–Crippen LogP) is 1.89. The Morgan fingerprint density at radius 3 is 2.72 bits per heavy atom. The van der Waals surface area contributed by atoms with E-state index in [1.165, 1.54) is 5.56 Å². The van der Waals surface area contributed by atoms with Gasteiger partial charge in [-0.25, -0.2) is 0 Å². The third-order valence-corrected chi connectivity index (χ3v) is 3.21. The summed E-state index contributed by atoms with van der Waals surface area (Å²) in [4.78, 5) is 11.1. The lowest BCUT2D eigenvalue weighted by molar-refractivity contribution is -0.140. The Balaban J connectivity index is 1.91. The molecule has 0 bridgehead atoms. The highest BCUT2D eigenvalue weighted by molar-refractivity contribution is 5.73. The molecule has 1 aromatic carbocycles. The largest absolute Gasteiger partial charge is 0.491 e. The molecule has 2 N–H and O–H groups in total. The number of carbonyl (C=O) groups is 1. The Morgan fingerprint density at radius 2 is 2.17 bits per heavy atom. The van der Waals surface area contributed by atoms with Crippen molar-refractivity contribution in [2.75, 3.05) is 6.61 Å². The number of ether oxygens (including phenoxy) is 1. The molecule has 0 aromatic heterocycles. The maximum absolute atomic E-state index is 11.1. The van der Waals surface area contributed by atoms with Crippen LogP contribution >= 0.6 is 0 Å². The average Bonchev–Trinajstić information content (AvgIpc) is 3.12. The molecule has 1 aromatic rings. The highest BCUT2D eigenvalue weighted by Gasteiger charge is 2.28. The van der Waals surface area contributed by atoms with Crippen molar-refractivity contribution in [3.63, 3.8) is 0 Å². The van der Waals surface area contributed by atoms with E-state index in [4.69, 9.17) is 9.84 Å². The minimum absolute atomic E-state index is 0.161. The third-order valence-electron chi connectivity index (χ3n) is 3.21. The number of hydrogen-bond acceptors (Lipinski definition) is 3. The fourth-order valence-corrected chi connectivity index (χ4v) is 1.71. The van der Waals surface area contributed by atoms with E-state index in [0.717, 1.165) is 24.2 Å². The molecule has 0 amide bonds. The normalized spacial score (nSPS) is 16.3. The second kappa shape index (κ2) is 5.40. The monoisotopic (exact) mass is 249 g/mol. The first-order valence-electron chi connectivity index (χ1n) is 6.25. The Morgan fingerprint density at radius 1 is 1.44 bits per heavy atom. The van der Waals surface area contributed by atoms with Gasteiger partial charge in [0.25, 0.3) is 0 Å². The Kier molecular flexibility index (Phi) is 3.87. The molecule has 98 valence electrons. The minimum atomic E-state index is -0.856. The number of nitrogens with one attached hydrogen (secondary N) is 1. The summed E-state index contributed by atoms with van der Waals surface area (Å²) in [5.41, 5.74) is 2.35. The Labute approximate surface area is 107 Å². The van der Waals surface area contributed by atoms with E-state index in [2.05, 4.69) is 5.32 Å². The number of benzene rings is 1. The van der Waals surface area contributed by atoms with Crippen LogP contribution in [-0.4, -0.2) is 29.8 Å². The molecule has 1 aliphatic carbocycles. The molecule has 18 heavy (non-hydrogen) atoms. The Hall–Kier alpha value is -1.55. The van der Waals surface area contributed by atoms with E-state index in [-0.39, 0.29) is 6.61 Å². The molecule has 1 aliphatic rings. The highest BCUT2D eigenvalue weighted by Crippen LogP contribution is 2.20. The van der Waals surface area contributed by atoms with Crippen LogP contribution in [0.1, 0.15) is 24.0 Å². The minimum Gasteiger partial charge on any atom is -0.491 e. The van der Waals surface area contributed by atoms with Crippen LogP contribution in [0.2, 0.25) is 0 Å². The zero-order valence-corrected chi connectivity index (χ0v) is 10.8. The lowest BCUT2D eigenvalue weighted by atomic mass is 10.1. The van der Waals surface area contributed by atoms with Crippen LogP contribution in [0.4, 0.5) is 0 Å². The van der Waals surface area contributed by atoms with Gasteiger partial charge < -0.3 is 9.84 Å². The summed E-state index contributed by atoms with van der Waals surface area (Å²) in [6.07, 6.45) is 2.13. The number of carboxylic acids is 1. The van der Waals surface area contributed by atoms with Gasteiger partial charge in [-0.3, -0.25) is 10.1 Å². The van der Waals surface area contributed by atoms with Crippen LogP contribution in [0.25, 0.3) is 0 Å². The van der Waals surface area contributed by atoms with Gasteiger partial charge in [0.2, 0.25) is 0 Å². The van der Waals surface area contributed by atoms with Gasteiger partial charge in [-0.05, 0) is 49.9 Å². The summed E-state index contributed by atoms with van der Waals surface area (Å²) < 4.78 is 5.55. The van der Waals surface area contributed by atoms with E-state index in [9.17, 15) is 4.79 Å². The van der Waals surface area contributed by atoms with Crippen molar-refractivity contribution in [1.82, 2.24) is 5.32 Å². The molecule has 1 atom stereocenters. The number of rotatable bonds is 6. The van der Waals surface area contributed by atoms with E-state index < -0.39 is 12.0 Å². The number of aryl methyl sites for hydroxylation is 2. The van der Waals surface area contributed by atoms with Crippen molar-refractivity contribution in [3.05, 3.63) is 29.3 Å². The number of hydrogen-bond donors (Lipinski definition) is 2. The fraction of sp³-hybridized carbons (Fsp3) is 0.500. The van der Waals surface area contributed by atoms with Gasteiger partial charge in [0, 0.05) is 6.04 Å². The molecule has 2 rings (SSSR count). The van der Waals surface area contributed by atoms with Crippen LogP contribution in [-0.2, 0) is 4.79 Å². The van der Waals surface area contributed by atoms with E-state index in [0.29, 0.717) is 6.04 Å². The summed E-state index contributed by atoms with van der Waals surface area (Å²) in [7, 11) is 0. The molecule has 1 fully saturated rings. The highest BCUT2D eigenvalue weighted by atomic mass is 16.5.